The third kappa shape index (κ3) is 7.22. The number of ether oxygens (including phenoxy) is 2. The van der Waals surface area contributed by atoms with Crippen LogP contribution in [0.5, 0.6) is 11.5 Å². The highest BCUT2D eigenvalue weighted by atomic mass is 16.6. The molecule has 2 aromatic heterocycles. The SMILES string of the molecule is CC(C)(C)OC(=O)Nc1ncnc2c1c(-c1ccc(Oc3ccccc3)cc1)cn2C1CCC(N2CCN(C(=O)O)C(C(C)(C)C)(C(C)(C)C)C2=O)CC1. The summed E-state index contributed by atoms with van der Waals surface area (Å²) in [6.07, 6.45) is 4.93. The van der Waals surface area contributed by atoms with Crippen molar-refractivity contribution in [1.29, 1.82) is 0 Å². The molecule has 1 saturated carbocycles. The molecular weight excluding hydrogens is 684 g/mol. The third-order valence-corrected chi connectivity index (χ3v) is 10.8. The highest BCUT2D eigenvalue weighted by molar-refractivity contribution is 6.05. The summed E-state index contributed by atoms with van der Waals surface area (Å²) in [6, 6.07) is 17.4. The molecule has 288 valence electrons. The van der Waals surface area contributed by atoms with E-state index >= 15 is 0 Å². The van der Waals surface area contributed by atoms with Gasteiger partial charge in [-0.15, -0.1) is 0 Å². The average Bonchev–Trinajstić information content (AvgIpc) is 3.48. The van der Waals surface area contributed by atoms with Gasteiger partial charge in [0.15, 0.2) is 0 Å². The van der Waals surface area contributed by atoms with E-state index in [9.17, 15) is 19.5 Å². The quantitative estimate of drug-likeness (QED) is 0.200. The number of amides is 3. The molecule has 1 saturated heterocycles. The second kappa shape index (κ2) is 14.3. The van der Waals surface area contributed by atoms with Crippen LogP contribution in [-0.4, -0.2) is 77.8 Å². The first-order valence-electron chi connectivity index (χ1n) is 18.8. The number of aromatic nitrogens is 3. The van der Waals surface area contributed by atoms with Gasteiger partial charge in [-0.05, 0) is 87.1 Å². The monoisotopic (exact) mass is 738 g/mol. The molecule has 0 atom stereocenters. The summed E-state index contributed by atoms with van der Waals surface area (Å²) < 4.78 is 13.8. The standard InChI is InChI=1S/C42H54N6O6/c1-39(2,3)42(40(4,5)6)36(49)46(23-24-48(42)38(51)52)28-17-19-29(20-18-28)47-25-32(27-15-21-31(22-16-27)53-30-13-11-10-12-14-30)33-34(43-26-44-35(33)47)45-37(50)54-41(7,8)9/h10-16,21-22,25-26,28-29H,17-20,23-24H2,1-9H3,(H,51,52)(H,43,44,45,50). The van der Waals surface area contributed by atoms with Gasteiger partial charge in [-0.2, -0.15) is 0 Å². The maximum Gasteiger partial charge on any atom is 0.413 e. The van der Waals surface area contributed by atoms with Crippen LogP contribution in [0.4, 0.5) is 15.4 Å². The molecule has 2 N–H and O–H groups in total. The number of piperazine rings is 1. The fraction of sp³-hybridized carbons (Fsp3) is 0.500. The Morgan fingerprint density at radius 3 is 1.98 bits per heavy atom. The molecule has 3 heterocycles. The van der Waals surface area contributed by atoms with Crippen LogP contribution in [0.25, 0.3) is 22.2 Å². The number of carboxylic acid groups (broad SMARTS) is 1. The first-order valence-corrected chi connectivity index (χ1v) is 18.8. The number of para-hydroxylation sites is 1. The molecule has 1 aliphatic carbocycles. The second-order valence-corrected chi connectivity index (χ2v) is 17.5. The van der Waals surface area contributed by atoms with Gasteiger partial charge >= 0.3 is 12.2 Å². The number of nitrogens with zero attached hydrogens (tertiary/aromatic N) is 5. The van der Waals surface area contributed by atoms with Crippen molar-refractivity contribution in [3.63, 3.8) is 0 Å². The van der Waals surface area contributed by atoms with Gasteiger partial charge in [0.2, 0.25) is 5.91 Å². The number of hydrogen-bond acceptors (Lipinski definition) is 7. The lowest BCUT2D eigenvalue weighted by Crippen LogP contribution is -2.77. The van der Waals surface area contributed by atoms with Gasteiger partial charge < -0.3 is 24.0 Å². The zero-order valence-electron chi connectivity index (χ0n) is 33.0. The third-order valence-electron chi connectivity index (χ3n) is 10.8. The highest BCUT2D eigenvalue weighted by Gasteiger charge is 2.65. The van der Waals surface area contributed by atoms with Crippen molar-refractivity contribution in [2.75, 3.05) is 18.4 Å². The number of rotatable bonds is 6. The number of fused-ring (bicyclic) bond motifs is 1. The molecule has 2 aliphatic rings. The molecule has 0 radical (unpaired) electrons. The lowest BCUT2D eigenvalue weighted by atomic mass is 9.57. The summed E-state index contributed by atoms with van der Waals surface area (Å²) in [7, 11) is 0. The van der Waals surface area contributed by atoms with Crippen molar-refractivity contribution >= 4 is 34.9 Å². The molecule has 2 fully saturated rings. The van der Waals surface area contributed by atoms with E-state index in [1.165, 1.54) is 11.2 Å². The fourth-order valence-electron chi connectivity index (χ4n) is 9.02. The normalized spacial score (nSPS) is 19.5. The Labute approximate surface area is 317 Å². The smallest absolute Gasteiger partial charge is 0.413 e. The zero-order chi connectivity index (χ0) is 39.2. The van der Waals surface area contributed by atoms with Gasteiger partial charge in [-0.25, -0.2) is 19.6 Å². The number of anilines is 1. The minimum absolute atomic E-state index is 0.0220. The topological polar surface area (TPSA) is 139 Å². The van der Waals surface area contributed by atoms with Crippen molar-refractivity contribution in [3.8, 4) is 22.6 Å². The first kappa shape index (κ1) is 38.6. The summed E-state index contributed by atoms with van der Waals surface area (Å²) in [6.45, 7) is 17.9. The van der Waals surface area contributed by atoms with Crippen molar-refractivity contribution in [2.45, 2.75) is 111 Å². The van der Waals surface area contributed by atoms with E-state index in [4.69, 9.17) is 14.5 Å². The van der Waals surface area contributed by atoms with Crippen LogP contribution in [0.2, 0.25) is 0 Å². The van der Waals surface area contributed by atoms with E-state index in [-0.39, 0.29) is 24.5 Å². The molecule has 12 heteroatoms. The molecule has 3 amide bonds. The zero-order valence-corrected chi connectivity index (χ0v) is 33.0. The first-order chi connectivity index (χ1) is 25.3. The van der Waals surface area contributed by atoms with Gasteiger partial charge in [0.1, 0.15) is 40.4 Å². The lowest BCUT2D eigenvalue weighted by molar-refractivity contribution is -0.177. The Kier molecular flexibility index (Phi) is 10.2. The van der Waals surface area contributed by atoms with E-state index in [1.807, 2.05) is 122 Å². The maximum absolute atomic E-state index is 14.7. The molecule has 12 nitrogen and oxygen atoms in total. The van der Waals surface area contributed by atoms with Crippen molar-refractivity contribution in [1.82, 2.24) is 24.3 Å². The van der Waals surface area contributed by atoms with Crippen LogP contribution < -0.4 is 10.1 Å². The van der Waals surface area contributed by atoms with Crippen LogP contribution in [0.15, 0.2) is 67.1 Å². The Morgan fingerprint density at radius 1 is 0.815 bits per heavy atom. The Hall–Kier alpha value is -5.13. The number of benzene rings is 2. The average molecular weight is 739 g/mol. The Balaban J connectivity index is 1.31. The summed E-state index contributed by atoms with van der Waals surface area (Å²) in [5.41, 5.74) is -0.782. The van der Waals surface area contributed by atoms with Crippen LogP contribution >= 0.6 is 0 Å². The largest absolute Gasteiger partial charge is 0.465 e. The Morgan fingerprint density at radius 2 is 1.41 bits per heavy atom. The van der Waals surface area contributed by atoms with Crippen LogP contribution in [0.3, 0.4) is 0 Å². The van der Waals surface area contributed by atoms with E-state index in [0.29, 0.717) is 29.1 Å². The van der Waals surface area contributed by atoms with Gasteiger partial charge in [0.25, 0.3) is 0 Å². The molecular formula is C42H54N6O6. The molecule has 4 aromatic rings. The Bertz CT molecular complexity index is 1980. The van der Waals surface area contributed by atoms with E-state index in [0.717, 1.165) is 42.6 Å². The molecule has 1 aliphatic heterocycles. The summed E-state index contributed by atoms with van der Waals surface area (Å²) >= 11 is 0. The maximum atomic E-state index is 14.7. The lowest BCUT2D eigenvalue weighted by Gasteiger charge is -2.61. The molecule has 0 unspecified atom stereocenters. The number of carbonyl (C=O) groups excluding carboxylic acids is 2. The number of nitrogens with one attached hydrogen (secondary N) is 1. The molecule has 54 heavy (non-hydrogen) atoms. The van der Waals surface area contributed by atoms with Crippen LogP contribution in [0.1, 0.15) is 94.0 Å². The van der Waals surface area contributed by atoms with E-state index in [2.05, 4.69) is 21.1 Å². The predicted octanol–water partition coefficient (Wildman–Crippen LogP) is 9.37. The summed E-state index contributed by atoms with van der Waals surface area (Å²) in [5.74, 6) is 1.67. The van der Waals surface area contributed by atoms with Crippen molar-refractivity contribution < 1.29 is 29.0 Å². The minimum atomic E-state index is -1.23. The predicted molar refractivity (Wildman–Crippen MR) is 209 cm³/mol. The van der Waals surface area contributed by atoms with Crippen LogP contribution in [0, 0.1) is 10.8 Å². The van der Waals surface area contributed by atoms with Gasteiger partial charge in [-0.3, -0.25) is 15.0 Å². The van der Waals surface area contributed by atoms with Crippen molar-refractivity contribution in [2.24, 2.45) is 10.8 Å². The summed E-state index contributed by atoms with van der Waals surface area (Å²) in [5, 5.41) is 13.9. The fourth-order valence-corrected chi connectivity index (χ4v) is 9.02. The van der Waals surface area contributed by atoms with E-state index < -0.39 is 34.2 Å². The number of carbonyl (C=O) groups is 3. The highest BCUT2D eigenvalue weighted by Crippen LogP contribution is 2.52. The second-order valence-electron chi connectivity index (χ2n) is 17.5. The van der Waals surface area contributed by atoms with Crippen LogP contribution in [-0.2, 0) is 9.53 Å². The molecule has 2 aromatic carbocycles. The molecule has 0 spiro atoms. The van der Waals surface area contributed by atoms with Gasteiger partial charge in [0, 0.05) is 36.9 Å². The molecule has 0 bridgehead atoms. The van der Waals surface area contributed by atoms with Gasteiger partial charge in [-0.1, -0.05) is 71.9 Å². The molecule has 6 rings (SSSR count). The summed E-state index contributed by atoms with van der Waals surface area (Å²) in [4.78, 5) is 53.0. The van der Waals surface area contributed by atoms with E-state index in [1.54, 1.807) is 0 Å². The minimum Gasteiger partial charge on any atom is -0.465 e. The van der Waals surface area contributed by atoms with Crippen molar-refractivity contribution in [3.05, 3.63) is 67.1 Å². The van der Waals surface area contributed by atoms with Gasteiger partial charge in [0.05, 0.1) is 5.39 Å². The number of hydrogen-bond donors (Lipinski definition) is 2.